The first-order valence-electron chi connectivity index (χ1n) is 21.2. The molecule has 2 aliphatic heterocycles. The van der Waals surface area contributed by atoms with Crippen LogP contribution in [0.15, 0.2) is 94.7 Å². The Morgan fingerprint density at radius 1 is 0.627 bits per heavy atom. The minimum Gasteiger partial charge on any atom is -0.364 e. The molecule has 0 N–H and O–H groups in total. The Morgan fingerprint density at radius 3 is 1.56 bits per heavy atom. The van der Waals surface area contributed by atoms with E-state index in [1.54, 1.807) is 30.9 Å². The minimum atomic E-state index is 0.0938. The maximum atomic E-state index is 11.8. The number of pyridine rings is 1. The van der Waals surface area contributed by atoms with E-state index in [4.69, 9.17) is 9.05 Å². The minimum absolute atomic E-state index is 0.0938. The van der Waals surface area contributed by atoms with Gasteiger partial charge in [-0.1, -0.05) is 112 Å². The van der Waals surface area contributed by atoms with Crippen LogP contribution in [0, 0.1) is 0 Å². The lowest BCUT2D eigenvalue weighted by molar-refractivity contribution is 0.0722. The molecule has 0 atom stereocenters. The van der Waals surface area contributed by atoms with Crippen molar-refractivity contribution in [2.75, 3.05) is 0 Å². The molecular weight excluding hydrogens is 739 g/mol. The van der Waals surface area contributed by atoms with Crippen LogP contribution in [0.3, 0.4) is 0 Å². The van der Waals surface area contributed by atoms with Crippen molar-refractivity contribution in [2.45, 2.75) is 173 Å². The van der Waals surface area contributed by atoms with Crippen LogP contribution in [0.25, 0.3) is 0 Å². The van der Waals surface area contributed by atoms with Crippen molar-refractivity contribution in [3.05, 3.63) is 119 Å². The Hall–Kier alpha value is -5.06. The highest BCUT2D eigenvalue weighted by Crippen LogP contribution is 2.24. The lowest BCUT2D eigenvalue weighted by Crippen LogP contribution is -2.30. The van der Waals surface area contributed by atoms with E-state index in [9.17, 15) is 9.59 Å². The molecule has 0 fully saturated rings. The third-order valence-corrected chi connectivity index (χ3v) is 8.37. The first-order chi connectivity index (χ1) is 27.7. The van der Waals surface area contributed by atoms with Crippen molar-refractivity contribution in [2.24, 2.45) is 0 Å². The van der Waals surface area contributed by atoms with Gasteiger partial charge in [-0.25, -0.2) is 0 Å². The molecule has 2 amide bonds. The molecular formula is C48H77N7O4. The molecule has 328 valence electrons. The van der Waals surface area contributed by atoms with E-state index in [1.807, 2.05) is 138 Å². The summed E-state index contributed by atoms with van der Waals surface area (Å²) in [5, 5.41) is 11.5. The number of benzene rings is 1. The predicted octanol–water partition coefficient (Wildman–Crippen LogP) is 12.2. The molecule has 0 unspecified atom stereocenters. The van der Waals surface area contributed by atoms with E-state index in [0.29, 0.717) is 12.6 Å². The number of aromatic nitrogens is 5. The van der Waals surface area contributed by atoms with E-state index in [1.165, 1.54) is 0 Å². The molecule has 0 radical (unpaired) electrons. The van der Waals surface area contributed by atoms with Crippen molar-refractivity contribution >= 4 is 11.8 Å². The van der Waals surface area contributed by atoms with E-state index < -0.39 is 0 Å². The zero-order chi connectivity index (χ0) is 45.6. The quantitative estimate of drug-likeness (QED) is 0.172. The zero-order valence-electron chi connectivity index (χ0n) is 39.9. The average Bonchev–Trinajstić information content (AvgIpc) is 4.05. The van der Waals surface area contributed by atoms with Crippen molar-refractivity contribution in [3.8, 4) is 0 Å². The lowest BCUT2D eigenvalue weighted by atomic mass is 9.93. The first kappa shape index (κ1) is 53.9. The summed E-state index contributed by atoms with van der Waals surface area (Å²) in [5.74, 6) is 1.21. The Morgan fingerprint density at radius 2 is 1.19 bits per heavy atom. The van der Waals surface area contributed by atoms with Gasteiger partial charge in [-0.2, -0.15) is 5.10 Å². The topological polar surface area (TPSA) is 123 Å². The monoisotopic (exact) mass is 816 g/mol. The highest BCUT2D eigenvalue weighted by Gasteiger charge is 2.30. The summed E-state index contributed by atoms with van der Waals surface area (Å²) in [6.07, 6.45) is 8.77. The van der Waals surface area contributed by atoms with Crippen molar-refractivity contribution in [1.82, 2.24) is 34.9 Å². The largest absolute Gasteiger partial charge is 0.364 e. The van der Waals surface area contributed by atoms with E-state index in [-0.39, 0.29) is 34.2 Å². The number of carbonyl (C=O) groups is 2. The van der Waals surface area contributed by atoms with E-state index >= 15 is 0 Å². The Bertz CT molecular complexity index is 1650. The molecule has 0 spiro atoms. The second-order valence-electron chi connectivity index (χ2n) is 16.6. The van der Waals surface area contributed by atoms with Crippen LogP contribution < -0.4 is 0 Å². The van der Waals surface area contributed by atoms with Crippen LogP contribution in [0.1, 0.15) is 175 Å². The van der Waals surface area contributed by atoms with Gasteiger partial charge in [0.05, 0.1) is 35.2 Å². The summed E-state index contributed by atoms with van der Waals surface area (Å²) in [7, 11) is 0. The molecule has 59 heavy (non-hydrogen) atoms. The van der Waals surface area contributed by atoms with Crippen molar-refractivity contribution in [1.29, 1.82) is 0 Å². The van der Waals surface area contributed by atoms with Crippen LogP contribution in [-0.2, 0) is 29.5 Å². The Labute approximate surface area is 357 Å². The normalized spacial score (nSPS) is 12.5. The fraction of sp³-hybridized carbons (Fsp3) is 0.542. The van der Waals surface area contributed by atoms with Crippen LogP contribution in [0.2, 0.25) is 0 Å². The third kappa shape index (κ3) is 17.8. The molecule has 7 rings (SSSR count). The summed E-state index contributed by atoms with van der Waals surface area (Å²) in [4.78, 5) is 31.4. The van der Waals surface area contributed by atoms with E-state index in [0.717, 1.165) is 40.4 Å². The number of hydrogen-bond donors (Lipinski definition) is 0. The number of carbonyl (C=O) groups excluding carboxylic acids is 2. The van der Waals surface area contributed by atoms with Gasteiger partial charge in [0.1, 0.15) is 12.0 Å². The molecule has 2 aliphatic rings. The second-order valence-corrected chi connectivity index (χ2v) is 16.6. The number of rotatable bonds is 2. The molecule has 0 saturated carbocycles. The van der Waals surface area contributed by atoms with Gasteiger partial charge in [-0.3, -0.25) is 19.3 Å². The Balaban J connectivity index is 0.000000697. The molecule has 11 nitrogen and oxygen atoms in total. The first-order valence-corrected chi connectivity index (χ1v) is 21.2. The van der Waals surface area contributed by atoms with Gasteiger partial charge in [-0.15, -0.1) is 0 Å². The maximum Gasteiger partial charge on any atom is 0.256 e. The SMILES string of the molecule is CC.CC.CC.CC(C)(C)c1ccno1.CC(C)(C)c1ccon1.CC(C)(C)n1cccn1.CC(C)N1Cc2ccccc2C1=O.CC(C)N1Cc2ncccc2C1=O. The van der Waals surface area contributed by atoms with E-state index in [2.05, 4.69) is 82.7 Å². The number of nitrogens with zero attached hydrogens (tertiary/aromatic N) is 7. The van der Waals surface area contributed by atoms with Crippen LogP contribution in [-0.4, -0.2) is 58.8 Å². The smallest absolute Gasteiger partial charge is 0.256 e. The van der Waals surface area contributed by atoms with Gasteiger partial charge in [0.25, 0.3) is 11.8 Å². The third-order valence-electron chi connectivity index (χ3n) is 8.37. The lowest BCUT2D eigenvalue weighted by Gasteiger charge is -2.19. The highest BCUT2D eigenvalue weighted by atomic mass is 16.5. The van der Waals surface area contributed by atoms with Gasteiger partial charge in [-0.05, 0) is 78.3 Å². The Kier molecular flexibility index (Phi) is 23.9. The molecule has 4 aromatic heterocycles. The fourth-order valence-corrected chi connectivity index (χ4v) is 5.13. The number of amides is 2. The molecule has 6 heterocycles. The van der Waals surface area contributed by atoms with Crippen molar-refractivity contribution < 1.29 is 18.6 Å². The van der Waals surface area contributed by atoms with Crippen LogP contribution >= 0.6 is 0 Å². The van der Waals surface area contributed by atoms with Gasteiger partial charge >= 0.3 is 0 Å². The molecule has 5 aromatic rings. The molecule has 1 aromatic carbocycles. The molecule has 0 saturated heterocycles. The molecule has 11 heteroatoms. The molecule has 0 aliphatic carbocycles. The second kappa shape index (κ2) is 26.1. The summed E-state index contributed by atoms with van der Waals surface area (Å²) in [6, 6.07) is 17.7. The summed E-state index contributed by atoms with van der Waals surface area (Å²) in [5.41, 5.74) is 5.03. The van der Waals surface area contributed by atoms with Crippen LogP contribution in [0.5, 0.6) is 0 Å². The van der Waals surface area contributed by atoms with Crippen molar-refractivity contribution in [3.63, 3.8) is 0 Å². The van der Waals surface area contributed by atoms with Gasteiger partial charge in [0.2, 0.25) is 0 Å². The predicted molar refractivity (Wildman–Crippen MR) is 242 cm³/mol. The van der Waals surface area contributed by atoms with Gasteiger partial charge in [0.15, 0.2) is 0 Å². The van der Waals surface area contributed by atoms with Crippen LogP contribution in [0.4, 0.5) is 0 Å². The standard InChI is InChI=1S/C11H13NO.C10H12N2O.C7H12N2.2C7H11NO.3C2H6/c1-8(2)12-7-9-5-3-4-6-10(9)11(12)13;1-7(2)12-6-9-8(10(12)13)4-3-5-11-9;1-7(2,3)9-6-4-5-8-9;1-7(2,3)6-4-5-9-8-6;1-7(2,3)6-4-5-8-9-6;3*1-2/h3-6,8H,7H2,1-2H3;3-5,7H,6H2,1-2H3;4-6H,1-3H3;2*4-5H,1-3H3;3*1-2H3. The van der Waals surface area contributed by atoms with Gasteiger partial charge in [0, 0.05) is 65.7 Å². The maximum absolute atomic E-state index is 11.8. The number of fused-ring (bicyclic) bond motifs is 2. The summed E-state index contributed by atoms with van der Waals surface area (Å²) in [6.45, 7) is 40.5. The molecule has 0 bridgehead atoms. The zero-order valence-corrected chi connectivity index (χ0v) is 39.9. The highest BCUT2D eigenvalue weighted by molar-refractivity contribution is 5.98. The average molecular weight is 816 g/mol. The summed E-state index contributed by atoms with van der Waals surface area (Å²) < 4.78 is 11.6. The number of hydrogen-bond acceptors (Lipinski definition) is 8. The fourth-order valence-electron chi connectivity index (χ4n) is 5.13. The summed E-state index contributed by atoms with van der Waals surface area (Å²) >= 11 is 0. The van der Waals surface area contributed by atoms with Gasteiger partial charge < -0.3 is 18.8 Å².